The molecule has 2 aromatic rings. The van der Waals surface area contributed by atoms with Crippen molar-refractivity contribution in [2.75, 3.05) is 20.6 Å². The molecule has 3 nitrogen and oxygen atoms in total. The summed E-state index contributed by atoms with van der Waals surface area (Å²) in [6.45, 7) is 2.90. The summed E-state index contributed by atoms with van der Waals surface area (Å²) in [5, 5.41) is 0.718. The molecule has 0 bridgehead atoms. The Labute approximate surface area is 118 Å². The van der Waals surface area contributed by atoms with E-state index in [1.807, 2.05) is 50.5 Å². The molecule has 0 saturated heterocycles. The van der Waals surface area contributed by atoms with Crippen LogP contribution in [0.4, 0.5) is 0 Å². The third-order valence-electron chi connectivity index (χ3n) is 3.43. The van der Waals surface area contributed by atoms with Crippen LogP contribution in [0.5, 0.6) is 5.75 Å². The van der Waals surface area contributed by atoms with Crippen molar-refractivity contribution in [1.82, 2.24) is 9.47 Å². The predicted molar refractivity (Wildman–Crippen MR) is 77.3 cm³/mol. The molecule has 1 aliphatic rings. The Bertz CT molecular complexity index is 620. The van der Waals surface area contributed by atoms with Crippen LogP contribution in [-0.2, 0) is 5.60 Å². The summed E-state index contributed by atoms with van der Waals surface area (Å²) in [6, 6.07) is 12.0. The molecule has 0 radical (unpaired) electrons. The lowest BCUT2D eigenvalue weighted by molar-refractivity contribution is 0.0435. The van der Waals surface area contributed by atoms with Crippen LogP contribution in [0.1, 0.15) is 12.6 Å². The molecule has 100 valence electrons. The molecule has 19 heavy (non-hydrogen) atoms. The predicted octanol–water partition coefficient (Wildman–Crippen LogP) is 3.30. The fourth-order valence-electron chi connectivity index (χ4n) is 2.81. The van der Waals surface area contributed by atoms with Gasteiger partial charge in [-0.15, -0.1) is 0 Å². The van der Waals surface area contributed by atoms with Gasteiger partial charge in [0.1, 0.15) is 10.9 Å². The molecule has 0 N–H and O–H groups in total. The number of rotatable bonds is 2. The Morgan fingerprint density at radius 2 is 1.95 bits per heavy atom. The molecule has 1 aromatic heterocycles. The first kappa shape index (κ1) is 12.6. The highest BCUT2D eigenvalue weighted by atomic mass is 35.5. The van der Waals surface area contributed by atoms with Crippen LogP contribution in [0.3, 0.4) is 0 Å². The van der Waals surface area contributed by atoms with Crippen molar-refractivity contribution in [2.24, 2.45) is 0 Å². The fraction of sp³-hybridized carbons (Fsp3) is 0.333. The average molecular weight is 277 g/mol. The van der Waals surface area contributed by atoms with E-state index in [0.717, 1.165) is 28.8 Å². The van der Waals surface area contributed by atoms with Gasteiger partial charge in [0.05, 0.1) is 11.4 Å². The van der Waals surface area contributed by atoms with Gasteiger partial charge in [-0.05, 0) is 45.3 Å². The maximum atomic E-state index is 6.34. The maximum absolute atomic E-state index is 6.34. The molecular weight excluding hydrogens is 260 g/mol. The first-order valence-electron chi connectivity index (χ1n) is 6.32. The Kier molecular flexibility index (Phi) is 2.84. The van der Waals surface area contributed by atoms with E-state index in [9.17, 15) is 0 Å². The number of aromatic nitrogens is 1. The van der Waals surface area contributed by atoms with Gasteiger partial charge in [0.25, 0.3) is 0 Å². The summed E-state index contributed by atoms with van der Waals surface area (Å²) in [5.41, 5.74) is 1.69. The van der Waals surface area contributed by atoms with Crippen molar-refractivity contribution < 1.29 is 4.74 Å². The van der Waals surface area contributed by atoms with Gasteiger partial charge in [0, 0.05) is 6.54 Å². The molecule has 0 aliphatic carbocycles. The molecule has 0 saturated carbocycles. The van der Waals surface area contributed by atoms with E-state index in [-0.39, 0.29) is 0 Å². The molecule has 1 aliphatic heterocycles. The van der Waals surface area contributed by atoms with Crippen LogP contribution in [-0.4, -0.2) is 30.1 Å². The van der Waals surface area contributed by atoms with Gasteiger partial charge in [-0.1, -0.05) is 23.7 Å². The lowest BCUT2D eigenvalue weighted by Gasteiger charge is -2.38. The highest BCUT2D eigenvalue weighted by molar-refractivity contribution is 6.30. The molecule has 0 spiro atoms. The zero-order chi connectivity index (χ0) is 13.6. The van der Waals surface area contributed by atoms with Crippen molar-refractivity contribution in [3.05, 3.63) is 47.2 Å². The zero-order valence-corrected chi connectivity index (χ0v) is 12.1. The first-order chi connectivity index (χ1) is 9.01. The second-order valence-electron chi connectivity index (χ2n) is 5.42. The lowest BCUT2D eigenvalue weighted by atomic mass is 9.99. The third-order valence-corrected chi connectivity index (χ3v) is 3.73. The van der Waals surface area contributed by atoms with Crippen molar-refractivity contribution in [3.63, 3.8) is 0 Å². The number of hydrogen-bond acceptors (Lipinski definition) is 2. The van der Waals surface area contributed by atoms with Crippen LogP contribution >= 0.6 is 11.6 Å². The molecule has 0 fully saturated rings. The van der Waals surface area contributed by atoms with E-state index in [0.29, 0.717) is 0 Å². The highest BCUT2D eigenvalue weighted by Crippen LogP contribution is 2.41. The average Bonchev–Trinajstić information content (AvgIpc) is 2.72. The van der Waals surface area contributed by atoms with Crippen LogP contribution < -0.4 is 4.74 Å². The SMILES string of the molecule is CN(C)CC1(C)Oc2ccccc2-n2c(Cl)ccc21. The van der Waals surface area contributed by atoms with Crippen LogP contribution in [0.15, 0.2) is 36.4 Å². The second kappa shape index (κ2) is 4.29. The zero-order valence-electron chi connectivity index (χ0n) is 11.4. The largest absolute Gasteiger partial charge is 0.478 e. The number of benzene rings is 1. The highest BCUT2D eigenvalue weighted by Gasteiger charge is 2.38. The quantitative estimate of drug-likeness (QED) is 0.837. The van der Waals surface area contributed by atoms with E-state index < -0.39 is 5.60 Å². The van der Waals surface area contributed by atoms with Crippen LogP contribution in [0, 0.1) is 0 Å². The van der Waals surface area contributed by atoms with Gasteiger partial charge in [-0.25, -0.2) is 0 Å². The summed E-state index contributed by atoms with van der Waals surface area (Å²) in [4.78, 5) is 2.12. The topological polar surface area (TPSA) is 17.4 Å². The summed E-state index contributed by atoms with van der Waals surface area (Å²) in [6.07, 6.45) is 0. The van der Waals surface area contributed by atoms with Gasteiger partial charge < -0.3 is 9.64 Å². The molecule has 3 rings (SSSR count). The minimum Gasteiger partial charge on any atom is -0.478 e. The van der Waals surface area contributed by atoms with E-state index in [2.05, 4.69) is 16.4 Å². The van der Waals surface area contributed by atoms with Crippen molar-refractivity contribution >= 4 is 11.6 Å². The van der Waals surface area contributed by atoms with Crippen molar-refractivity contribution in [1.29, 1.82) is 0 Å². The van der Waals surface area contributed by atoms with E-state index >= 15 is 0 Å². The van der Waals surface area contributed by atoms with E-state index in [1.54, 1.807) is 0 Å². The number of fused-ring (bicyclic) bond motifs is 3. The Balaban J connectivity index is 2.20. The summed E-state index contributed by atoms with van der Waals surface area (Å²) >= 11 is 6.34. The normalized spacial score (nSPS) is 20.9. The van der Waals surface area contributed by atoms with Crippen molar-refractivity contribution in [3.8, 4) is 11.4 Å². The minimum absolute atomic E-state index is 0.398. The number of halogens is 1. The van der Waals surface area contributed by atoms with Gasteiger partial charge >= 0.3 is 0 Å². The fourth-order valence-corrected chi connectivity index (χ4v) is 3.05. The van der Waals surface area contributed by atoms with E-state index in [1.165, 1.54) is 0 Å². The van der Waals surface area contributed by atoms with E-state index in [4.69, 9.17) is 16.3 Å². The minimum atomic E-state index is -0.398. The monoisotopic (exact) mass is 276 g/mol. The summed E-state index contributed by atoms with van der Waals surface area (Å²) in [7, 11) is 4.09. The third kappa shape index (κ3) is 1.94. The van der Waals surface area contributed by atoms with Gasteiger partial charge in [0.2, 0.25) is 0 Å². The molecular formula is C15H17ClN2O. The summed E-state index contributed by atoms with van der Waals surface area (Å²) in [5.74, 6) is 0.873. The van der Waals surface area contributed by atoms with Crippen molar-refractivity contribution in [2.45, 2.75) is 12.5 Å². The number of likely N-dealkylation sites (N-methyl/N-ethyl adjacent to an activating group) is 1. The molecule has 1 unspecified atom stereocenters. The Hall–Kier alpha value is -1.45. The standard InChI is InChI=1S/C15H17ClN2O/c1-15(10-17(2)3)13-8-9-14(16)18(13)11-6-4-5-7-12(11)19-15/h4-9H,10H2,1-3H3. The second-order valence-corrected chi connectivity index (χ2v) is 5.80. The number of ether oxygens (including phenoxy) is 1. The van der Waals surface area contributed by atoms with Crippen LogP contribution in [0.2, 0.25) is 5.15 Å². The smallest absolute Gasteiger partial charge is 0.159 e. The van der Waals surface area contributed by atoms with Gasteiger partial charge in [0.15, 0.2) is 5.60 Å². The first-order valence-corrected chi connectivity index (χ1v) is 6.70. The van der Waals surface area contributed by atoms with Crippen LogP contribution in [0.25, 0.3) is 5.69 Å². The maximum Gasteiger partial charge on any atom is 0.159 e. The van der Waals surface area contributed by atoms with Gasteiger partial charge in [-0.3, -0.25) is 4.57 Å². The Morgan fingerprint density at radius 3 is 2.68 bits per heavy atom. The van der Waals surface area contributed by atoms with Gasteiger partial charge in [-0.2, -0.15) is 0 Å². The molecule has 4 heteroatoms. The summed E-state index contributed by atoms with van der Waals surface area (Å²) < 4.78 is 8.32. The molecule has 1 atom stereocenters. The molecule has 1 aromatic carbocycles. The number of nitrogens with zero attached hydrogens (tertiary/aromatic N) is 2. The number of para-hydroxylation sites is 2. The lowest BCUT2D eigenvalue weighted by Crippen LogP contribution is -2.43. The molecule has 2 heterocycles. The Morgan fingerprint density at radius 1 is 1.21 bits per heavy atom. The molecule has 0 amide bonds. The number of hydrogen-bond donors (Lipinski definition) is 0.